The maximum Gasteiger partial charge on any atom is 0.0503 e. The first-order valence-corrected chi connectivity index (χ1v) is 7.13. The van der Waals surface area contributed by atoms with Crippen LogP contribution in [0.15, 0.2) is 36.0 Å². The zero-order valence-corrected chi connectivity index (χ0v) is 11.7. The normalized spacial score (nSPS) is 26.2. The first kappa shape index (κ1) is 14.1. The molecule has 0 aromatic heterocycles. The standard InChI is InChI=1S/C16H25N3/c1-11-6-2-3-7-12(11)15(18)10-16(19)13-8-4-5-9-14(13)17/h2-3,6-7,10,13-15H,4-5,8-9,17-19H2,1H3/b16-10-. The summed E-state index contributed by atoms with van der Waals surface area (Å²) in [6.45, 7) is 2.07. The van der Waals surface area contributed by atoms with Crippen molar-refractivity contribution in [3.8, 4) is 0 Å². The van der Waals surface area contributed by atoms with Gasteiger partial charge in [0.25, 0.3) is 0 Å². The lowest BCUT2D eigenvalue weighted by Gasteiger charge is -2.29. The summed E-state index contributed by atoms with van der Waals surface area (Å²) in [5, 5.41) is 0. The molecule has 3 heteroatoms. The van der Waals surface area contributed by atoms with Crippen LogP contribution < -0.4 is 17.2 Å². The summed E-state index contributed by atoms with van der Waals surface area (Å²) in [5.41, 5.74) is 21.8. The Morgan fingerprint density at radius 1 is 1.26 bits per heavy atom. The Balaban J connectivity index is 2.13. The van der Waals surface area contributed by atoms with Gasteiger partial charge < -0.3 is 17.2 Å². The van der Waals surface area contributed by atoms with Crippen LogP contribution in [0, 0.1) is 12.8 Å². The second-order valence-corrected chi connectivity index (χ2v) is 5.60. The minimum Gasteiger partial charge on any atom is -0.402 e. The van der Waals surface area contributed by atoms with Crippen molar-refractivity contribution in [2.24, 2.45) is 23.1 Å². The van der Waals surface area contributed by atoms with Gasteiger partial charge >= 0.3 is 0 Å². The average Bonchev–Trinajstić information content (AvgIpc) is 2.39. The molecule has 2 rings (SSSR count). The van der Waals surface area contributed by atoms with Gasteiger partial charge in [-0.25, -0.2) is 0 Å². The van der Waals surface area contributed by atoms with Crippen LogP contribution in [0.2, 0.25) is 0 Å². The van der Waals surface area contributed by atoms with Crippen molar-refractivity contribution in [1.82, 2.24) is 0 Å². The minimum absolute atomic E-state index is 0.143. The predicted molar refractivity (Wildman–Crippen MR) is 80.3 cm³/mol. The Bertz CT molecular complexity index is 453. The molecule has 0 heterocycles. The Kier molecular flexibility index (Phi) is 4.61. The second-order valence-electron chi connectivity index (χ2n) is 5.60. The van der Waals surface area contributed by atoms with Crippen molar-refractivity contribution < 1.29 is 0 Å². The van der Waals surface area contributed by atoms with Gasteiger partial charge in [-0.2, -0.15) is 0 Å². The van der Waals surface area contributed by atoms with Gasteiger partial charge in [0.1, 0.15) is 0 Å². The SMILES string of the molecule is Cc1ccccc1C(N)/C=C(\N)C1CCCCC1N. The summed E-state index contributed by atoms with van der Waals surface area (Å²) in [6, 6.07) is 8.22. The number of hydrogen-bond acceptors (Lipinski definition) is 3. The first-order valence-electron chi connectivity index (χ1n) is 7.13. The van der Waals surface area contributed by atoms with E-state index in [1.807, 2.05) is 18.2 Å². The summed E-state index contributed by atoms with van der Waals surface area (Å²) >= 11 is 0. The number of benzene rings is 1. The third-order valence-corrected chi connectivity index (χ3v) is 4.17. The van der Waals surface area contributed by atoms with Crippen LogP contribution in [-0.2, 0) is 0 Å². The molecular formula is C16H25N3. The molecule has 3 unspecified atom stereocenters. The molecule has 104 valence electrons. The van der Waals surface area contributed by atoms with E-state index >= 15 is 0 Å². The molecule has 1 saturated carbocycles. The van der Waals surface area contributed by atoms with E-state index in [2.05, 4.69) is 19.1 Å². The van der Waals surface area contributed by atoms with Gasteiger partial charge in [0.15, 0.2) is 0 Å². The molecule has 19 heavy (non-hydrogen) atoms. The van der Waals surface area contributed by atoms with E-state index in [9.17, 15) is 0 Å². The monoisotopic (exact) mass is 259 g/mol. The molecule has 1 aromatic carbocycles. The van der Waals surface area contributed by atoms with Crippen LogP contribution in [0.4, 0.5) is 0 Å². The lowest BCUT2D eigenvalue weighted by Crippen LogP contribution is -2.36. The second kappa shape index (κ2) is 6.22. The fourth-order valence-corrected chi connectivity index (χ4v) is 2.95. The van der Waals surface area contributed by atoms with Gasteiger partial charge in [-0.05, 0) is 37.0 Å². The van der Waals surface area contributed by atoms with Crippen molar-refractivity contribution in [2.75, 3.05) is 0 Å². The minimum atomic E-state index is -0.143. The lowest BCUT2D eigenvalue weighted by molar-refractivity contribution is 0.344. The summed E-state index contributed by atoms with van der Waals surface area (Å²) in [6.07, 6.45) is 6.57. The lowest BCUT2D eigenvalue weighted by atomic mass is 9.82. The number of aryl methyl sites for hydroxylation is 1. The Morgan fingerprint density at radius 2 is 1.95 bits per heavy atom. The van der Waals surface area contributed by atoms with Gasteiger partial charge in [0.2, 0.25) is 0 Å². The van der Waals surface area contributed by atoms with E-state index in [0.29, 0.717) is 5.92 Å². The molecule has 0 radical (unpaired) electrons. The number of hydrogen-bond donors (Lipinski definition) is 3. The van der Waals surface area contributed by atoms with E-state index in [0.717, 1.165) is 24.1 Å². The van der Waals surface area contributed by atoms with E-state index in [4.69, 9.17) is 17.2 Å². The molecule has 1 aliphatic rings. The topological polar surface area (TPSA) is 78.1 Å². The molecule has 0 aliphatic heterocycles. The highest BCUT2D eigenvalue weighted by molar-refractivity contribution is 5.32. The highest BCUT2D eigenvalue weighted by Gasteiger charge is 2.24. The zero-order valence-electron chi connectivity index (χ0n) is 11.7. The molecule has 0 saturated heterocycles. The van der Waals surface area contributed by atoms with Crippen molar-refractivity contribution in [3.05, 3.63) is 47.2 Å². The Labute approximate surface area is 115 Å². The summed E-state index contributed by atoms with van der Waals surface area (Å²) in [4.78, 5) is 0. The maximum absolute atomic E-state index is 6.25. The highest BCUT2D eigenvalue weighted by atomic mass is 14.7. The largest absolute Gasteiger partial charge is 0.402 e. The quantitative estimate of drug-likeness (QED) is 0.779. The Hall–Kier alpha value is -1.32. The van der Waals surface area contributed by atoms with E-state index in [1.54, 1.807) is 0 Å². The van der Waals surface area contributed by atoms with E-state index < -0.39 is 0 Å². The zero-order chi connectivity index (χ0) is 13.8. The van der Waals surface area contributed by atoms with Crippen LogP contribution in [-0.4, -0.2) is 6.04 Å². The summed E-state index contributed by atoms with van der Waals surface area (Å²) < 4.78 is 0. The van der Waals surface area contributed by atoms with Gasteiger partial charge in [-0.3, -0.25) is 0 Å². The van der Waals surface area contributed by atoms with Crippen molar-refractivity contribution in [2.45, 2.75) is 44.7 Å². The molecule has 1 aliphatic carbocycles. The summed E-state index contributed by atoms with van der Waals surface area (Å²) in [5.74, 6) is 0.295. The van der Waals surface area contributed by atoms with Gasteiger partial charge in [-0.1, -0.05) is 37.1 Å². The molecule has 3 nitrogen and oxygen atoms in total. The molecule has 0 bridgehead atoms. The fraction of sp³-hybridized carbons (Fsp3) is 0.500. The van der Waals surface area contributed by atoms with Crippen LogP contribution in [0.25, 0.3) is 0 Å². The summed E-state index contributed by atoms with van der Waals surface area (Å²) in [7, 11) is 0. The highest BCUT2D eigenvalue weighted by Crippen LogP contribution is 2.28. The molecule has 1 fully saturated rings. The predicted octanol–water partition coefficient (Wildman–Crippen LogP) is 2.35. The third-order valence-electron chi connectivity index (χ3n) is 4.17. The Morgan fingerprint density at radius 3 is 2.63 bits per heavy atom. The smallest absolute Gasteiger partial charge is 0.0503 e. The molecule has 3 atom stereocenters. The average molecular weight is 259 g/mol. The number of rotatable bonds is 3. The van der Waals surface area contributed by atoms with Crippen molar-refractivity contribution >= 4 is 0 Å². The molecular weight excluding hydrogens is 234 g/mol. The van der Waals surface area contributed by atoms with E-state index in [-0.39, 0.29) is 12.1 Å². The molecule has 0 spiro atoms. The maximum atomic E-state index is 6.25. The van der Waals surface area contributed by atoms with Crippen molar-refractivity contribution in [3.63, 3.8) is 0 Å². The van der Waals surface area contributed by atoms with Crippen LogP contribution >= 0.6 is 0 Å². The third kappa shape index (κ3) is 3.37. The van der Waals surface area contributed by atoms with Crippen LogP contribution in [0.5, 0.6) is 0 Å². The first-order chi connectivity index (χ1) is 9.09. The van der Waals surface area contributed by atoms with Gasteiger partial charge in [0.05, 0.1) is 6.04 Å². The number of nitrogens with two attached hydrogens (primary N) is 3. The molecule has 6 N–H and O–H groups in total. The molecule has 1 aromatic rings. The van der Waals surface area contributed by atoms with Gasteiger partial charge in [0, 0.05) is 17.7 Å². The van der Waals surface area contributed by atoms with Crippen molar-refractivity contribution in [1.29, 1.82) is 0 Å². The van der Waals surface area contributed by atoms with Crippen LogP contribution in [0.3, 0.4) is 0 Å². The van der Waals surface area contributed by atoms with Gasteiger partial charge in [-0.15, -0.1) is 0 Å². The van der Waals surface area contributed by atoms with E-state index in [1.165, 1.54) is 18.4 Å². The van der Waals surface area contributed by atoms with Crippen LogP contribution in [0.1, 0.15) is 42.9 Å². The molecule has 0 amide bonds. The fourth-order valence-electron chi connectivity index (χ4n) is 2.95.